The molecule has 4 nitrogen and oxygen atoms in total. The number of nitrogens with one attached hydrogen (secondary N) is 1. The largest absolute Gasteiger partial charge is 0.340 e. The van der Waals surface area contributed by atoms with Crippen LogP contribution in [0.2, 0.25) is 0 Å². The molecule has 2 aromatic rings. The first-order valence-corrected chi connectivity index (χ1v) is 6.23. The monoisotopic (exact) mass is 295 g/mol. The number of rotatable bonds is 4. The maximum absolute atomic E-state index is 4.92. The lowest BCUT2D eigenvalue weighted by Gasteiger charge is -2.14. The van der Waals surface area contributed by atoms with E-state index in [-0.39, 0.29) is 6.04 Å². The molecule has 1 aromatic heterocycles. The molecule has 0 unspecified atom stereocenters. The van der Waals surface area contributed by atoms with Crippen molar-refractivity contribution in [3.05, 3.63) is 46.0 Å². The molecule has 0 amide bonds. The first kappa shape index (κ1) is 12.3. The van der Waals surface area contributed by atoms with Crippen LogP contribution in [0.25, 0.3) is 0 Å². The normalized spacial score (nSPS) is 12.6. The fraction of sp³-hybridized carbons (Fsp3) is 0.333. The van der Waals surface area contributed by atoms with Crippen LogP contribution in [-0.2, 0) is 6.54 Å². The van der Waals surface area contributed by atoms with Gasteiger partial charge >= 0.3 is 0 Å². The lowest BCUT2D eigenvalue weighted by Crippen LogP contribution is -2.19. The first-order valence-electron chi connectivity index (χ1n) is 5.44. The van der Waals surface area contributed by atoms with Crippen LogP contribution < -0.4 is 5.32 Å². The molecule has 1 N–H and O–H groups in total. The smallest absolute Gasteiger partial charge is 0.223 e. The van der Waals surface area contributed by atoms with Gasteiger partial charge in [0, 0.05) is 17.4 Å². The van der Waals surface area contributed by atoms with Crippen molar-refractivity contribution < 1.29 is 4.52 Å². The Bertz CT molecular complexity index is 498. The van der Waals surface area contributed by atoms with E-state index in [1.54, 1.807) is 6.92 Å². The van der Waals surface area contributed by atoms with Gasteiger partial charge in [-0.2, -0.15) is 4.98 Å². The summed E-state index contributed by atoms with van der Waals surface area (Å²) in [7, 11) is 0. The highest BCUT2D eigenvalue weighted by atomic mass is 79.9. The Morgan fingerprint density at radius 2 is 2.18 bits per heavy atom. The topological polar surface area (TPSA) is 51.0 Å². The van der Waals surface area contributed by atoms with Crippen molar-refractivity contribution >= 4 is 15.9 Å². The van der Waals surface area contributed by atoms with E-state index in [9.17, 15) is 0 Å². The van der Waals surface area contributed by atoms with E-state index < -0.39 is 0 Å². The summed E-state index contributed by atoms with van der Waals surface area (Å²) in [5.41, 5.74) is 1.22. The summed E-state index contributed by atoms with van der Waals surface area (Å²) in [4.78, 5) is 4.15. The standard InChI is InChI=1S/C12H14BrN3O/c1-8(10-5-3-4-6-11(10)13)14-7-12-15-9(2)17-16-12/h3-6,8,14H,7H2,1-2H3/t8-/m0/s1. The number of aromatic nitrogens is 2. The van der Waals surface area contributed by atoms with Crippen molar-refractivity contribution in [2.45, 2.75) is 26.4 Å². The first-order chi connectivity index (χ1) is 8.16. The number of halogens is 1. The van der Waals surface area contributed by atoms with Gasteiger partial charge in [-0.05, 0) is 18.6 Å². The van der Waals surface area contributed by atoms with Crippen LogP contribution in [0, 0.1) is 6.92 Å². The van der Waals surface area contributed by atoms with E-state index in [0.29, 0.717) is 18.3 Å². The summed E-state index contributed by atoms with van der Waals surface area (Å²) < 4.78 is 6.02. The van der Waals surface area contributed by atoms with Gasteiger partial charge in [0.15, 0.2) is 5.82 Å². The van der Waals surface area contributed by atoms with Crippen LogP contribution in [0.5, 0.6) is 0 Å². The van der Waals surface area contributed by atoms with E-state index in [2.05, 4.69) is 44.4 Å². The third-order valence-electron chi connectivity index (χ3n) is 2.51. The lowest BCUT2D eigenvalue weighted by atomic mass is 10.1. The summed E-state index contributed by atoms with van der Waals surface area (Å²) in [6.07, 6.45) is 0. The van der Waals surface area contributed by atoms with Crippen molar-refractivity contribution in [2.75, 3.05) is 0 Å². The summed E-state index contributed by atoms with van der Waals surface area (Å²) >= 11 is 3.54. The predicted molar refractivity (Wildman–Crippen MR) is 68.4 cm³/mol. The van der Waals surface area contributed by atoms with Gasteiger partial charge < -0.3 is 9.84 Å². The highest BCUT2D eigenvalue weighted by molar-refractivity contribution is 9.10. The number of aryl methyl sites for hydroxylation is 1. The minimum atomic E-state index is 0.226. The fourth-order valence-electron chi connectivity index (χ4n) is 1.59. The minimum absolute atomic E-state index is 0.226. The summed E-state index contributed by atoms with van der Waals surface area (Å²) in [6.45, 7) is 4.49. The highest BCUT2D eigenvalue weighted by Crippen LogP contribution is 2.22. The highest BCUT2D eigenvalue weighted by Gasteiger charge is 2.09. The van der Waals surface area contributed by atoms with E-state index in [1.165, 1.54) is 5.56 Å². The Kier molecular flexibility index (Phi) is 3.91. The van der Waals surface area contributed by atoms with Crippen molar-refractivity contribution in [3.8, 4) is 0 Å². The molecule has 0 spiro atoms. The SMILES string of the molecule is Cc1nc(CN[C@@H](C)c2ccccc2Br)no1. The van der Waals surface area contributed by atoms with E-state index in [4.69, 9.17) is 4.52 Å². The van der Waals surface area contributed by atoms with Gasteiger partial charge in [0.1, 0.15) is 0 Å². The number of benzene rings is 1. The zero-order chi connectivity index (χ0) is 12.3. The van der Waals surface area contributed by atoms with Crippen molar-refractivity contribution in [1.29, 1.82) is 0 Å². The van der Waals surface area contributed by atoms with Gasteiger partial charge in [0.05, 0.1) is 6.54 Å². The average Bonchev–Trinajstić information content (AvgIpc) is 2.73. The van der Waals surface area contributed by atoms with Crippen LogP contribution in [-0.4, -0.2) is 10.1 Å². The molecule has 0 aliphatic heterocycles. The molecule has 1 aromatic carbocycles. The Morgan fingerprint density at radius 3 is 2.82 bits per heavy atom. The molecule has 0 bridgehead atoms. The molecule has 0 fully saturated rings. The predicted octanol–water partition coefficient (Wildman–Crippen LogP) is 2.99. The molecule has 0 saturated heterocycles. The Morgan fingerprint density at radius 1 is 1.41 bits per heavy atom. The Balaban J connectivity index is 1.98. The van der Waals surface area contributed by atoms with Crippen molar-refractivity contribution in [3.63, 3.8) is 0 Å². The van der Waals surface area contributed by atoms with Crippen LogP contribution in [0.15, 0.2) is 33.3 Å². The van der Waals surface area contributed by atoms with Gasteiger partial charge in [0.2, 0.25) is 5.89 Å². The Labute approximate surface area is 109 Å². The van der Waals surface area contributed by atoms with Gasteiger partial charge in [-0.1, -0.05) is 39.3 Å². The lowest BCUT2D eigenvalue weighted by molar-refractivity contribution is 0.384. The van der Waals surface area contributed by atoms with Crippen LogP contribution in [0.3, 0.4) is 0 Å². The van der Waals surface area contributed by atoms with E-state index in [1.807, 2.05) is 18.2 Å². The summed E-state index contributed by atoms with van der Waals surface area (Å²) in [6, 6.07) is 8.37. The number of hydrogen-bond donors (Lipinski definition) is 1. The van der Waals surface area contributed by atoms with Gasteiger partial charge in [-0.3, -0.25) is 0 Å². The molecular weight excluding hydrogens is 282 g/mol. The average molecular weight is 296 g/mol. The second kappa shape index (κ2) is 5.42. The maximum Gasteiger partial charge on any atom is 0.223 e. The molecular formula is C12H14BrN3O. The second-order valence-corrected chi connectivity index (χ2v) is 4.71. The molecule has 2 rings (SSSR count). The van der Waals surface area contributed by atoms with E-state index in [0.717, 1.165) is 4.47 Å². The van der Waals surface area contributed by atoms with Gasteiger partial charge in [-0.15, -0.1) is 0 Å². The molecule has 0 aliphatic rings. The van der Waals surface area contributed by atoms with Crippen LogP contribution in [0.1, 0.15) is 30.2 Å². The quantitative estimate of drug-likeness (QED) is 0.942. The molecule has 90 valence electrons. The van der Waals surface area contributed by atoms with Gasteiger partial charge in [-0.25, -0.2) is 0 Å². The molecule has 1 atom stereocenters. The van der Waals surface area contributed by atoms with Crippen molar-refractivity contribution in [1.82, 2.24) is 15.5 Å². The van der Waals surface area contributed by atoms with Gasteiger partial charge in [0.25, 0.3) is 0 Å². The summed E-state index contributed by atoms with van der Waals surface area (Å²) in [5, 5.41) is 7.20. The third kappa shape index (κ3) is 3.14. The maximum atomic E-state index is 4.92. The summed E-state index contributed by atoms with van der Waals surface area (Å²) in [5.74, 6) is 1.27. The second-order valence-electron chi connectivity index (χ2n) is 3.85. The van der Waals surface area contributed by atoms with Crippen LogP contribution in [0.4, 0.5) is 0 Å². The molecule has 17 heavy (non-hydrogen) atoms. The molecule has 5 heteroatoms. The number of nitrogens with zero attached hydrogens (tertiary/aromatic N) is 2. The zero-order valence-electron chi connectivity index (χ0n) is 9.77. The molecule has 0 aliphatic carbocycles. The zero-order valence-corrected chi connectivity index (χ0v) is 11.4. The number of hydrogen-bond acceptors (Lipinski definition) is 4. The third-order valence-corrected chi connectivity index (χ3v) is 3.23. The van der Waals surface area contributed by atoms with E-state index >= 15 is 0 Å². The van der Waals surface area contributed by atoms with Crippen LogP contribution >= 0.6 is 15.9 Å². The molecule has 0 radical (unpaired) electrons. The Hall–Kier alpha value is -1.20. The minimum Gasteiger partial charge on any atom is -0.340 e. The van der Waals surface area contributed by atoms with Crippen molar-refractivity contribution in [2.24, 2.45) is 0 Å². The fourth-order valence-corrected chi connectivity index (χ4v) is 2.22. The molecule has 0 saturated carbocycles. The molecule has 1 heterocycles.